The van der Waals surface area contributed by atoms with Gasteiger partial charge in [-0.3, -0.25) is 0 Å². The van der Waals surface area contributed by atoms with Gasteiger partial charge in [-0.05, 0) is 43.4 Å². The van der Waals surface area contributed by atoms with E-state index in [4.69, 9.17) is 5.26 Å². The maximum atomic E-state index is 13.7. The van der Waals surface area contributed by atoms with Crippen LogP contribution in [0.25, 0.3) is 0 Å². The minimum absolute atomic E-state index is 0.0184. The van der Waals surface area contributed by atoms with Gasteiger partial charge in [-0.2, -0.15) is 5.26 Å². The number of nitriles is 1. The van der Waals surface area contributed by atoms with E-state index in [9.17, 15) is 8.78 Å². The largest absolute Gasteiger partial charge is 0.312 e. The summed E-state index contributed by atoms with van der Waals surface area (Å²) in [6.45, 7) is 3.23. The molecule has 1 aromatic rings. The van der Waals surface area contributed by atoms with E-state index in [2.05, 4.69) is 12.2 Å². The van der Waals surface area contributed by atoms with E-state index in [-0.39, 0.29) is 17.7 Å². The monoisotopic (exact) mass is 278 g/mol. The van der Waals surface area contributed by atoms with Crippen molar-refractivity contribution in [3.8, 4) is 6.07 Å². The average molecular weight is 278 g/mol. The van der Waals surface area contributed by atoms with Crippen LogP contribution in [0.15, 0.2) is 12.1 Å². The first-order chi connectivity index (χ1) is 9.60. The molecule has 1 saturated carbocycles. The number of hydrogen-bond acceptors (Lipinski definition) is 2. The summed E-state index contributed by atoms with van der Waals surface area (Å²) in [7, 11) is 0. The first kappa shape index (κ1) is 14.9. The summed E-state index contributed by atoms with van der Waals surface area (Å²) in [5.74, 6) is 0.0549. The van der Waals surface area contributed by atoms with Gasteiger partial charge in [-0.1, -0.05) is 19.8 Å². The Bertz CT molecular complexity index is 485. The Morgan fingerprint density at radius 1 is 1.30 bits per heavy atom. The third-order valence-corrected chi connectivity index (χ3v) is 4.05. The molecule has 0 saturated heterocycles. The van der Waals surface area contributed by atoms with Gasteiger partial charge in [0.25, 0.3) is 0 Å². The molecule has 2 nitrogen and oxygen atoms in total. The van der Waals surface area contributed by atoms with Crippen LogP contribution < -0.4 is 5.32 Å². The molecule has 2 atom stereocenters. The predicted octanol–water partition coefficient (Wildman–Crippen LogP) is 3.75. The fraction of sp³-hybridized carbons (Fsp3) is 0.562. The SMILES string of the molecule is CC1CCCC(CNCc2c(F)cc(C#N)cc2F)C1. The number of rotatable bonds is 4. The summed E-state index contributed by atoms with van der Waals surface area (Å²) in [5, 5.41) is 11.8. The Morgan fingerprint density at radius 2 is 2.00 bits per heavy atom. The van der Waals surface area contributed by atoms with Gasteiger partial charge >= 0.3 is 0 Å². The maximum absolute atomic E-state index is 13.7. The number of halogens is 2. The third-order valence-electron chi connectivity index (χ3n) is 4.05. The fourth-order valence-electron chi connectivity index (χ4n) is 2.98. The van der Waals surface area contributed by atoms with Crippen molar-refractivity contribution in [2.75, 3.05) is 6.54 Å². The molecule has 4 heteroatoms. The molecule has 2 rings (SSSR count). The number of nitrogens with zero attached hydrogens (tertiary/aromatic N) is 1. The van der Waals surface area contributed by atoms with Crippen LogP contribution in [0.1, 0.15) is 43.7 Å². The number of hydrogen-bond donors (Lipinski definition) is 1. The molecule has 0 heterocycles. The molecule has 0 amide bonds. The van der Waals surface area contributed by atoms with E-state index < -0.39 is 11.6 Å². The minimum Gasteiger partial charge on any atom is -0.312 e. The van der Waals surface area contributed by atoms with Crippen LogP contribution in [0, 0.1) is 34.8 Å². The average Bonchev–Trinajstić information content (AvgIpc) is 2.41. The highest BCUT2D eigenvalue weighted by molar-refractivity contribution is 5.34. The molecule has 1 aromatic carbocycles. The highest BCUT2D eigenvalue weighted by Crippen LogP contribution is 2.28. The van der Waals surface area contributed by atoms with Gasteiger partial charge in [0.1, 0.15) is 11.6 Å². The number of benzene rings is 1. The van der Waals surface area contributed by atoms with Crippen molar-refractivity contribution >= 4 is 0 Å². The summed E-state index contributed by atoms with van der Waals surface area (Å²) >= 11 is 0. The van der Waals surface area contributed by atoms with Gasteiger partial charge in [0.15, 0.2) is 0 Å². The first-order valence-electron chi connectivity index (χ1n) is 7.19. The van der Waals surface area contributed by atoms with Gasteiger partial charge in [0, 0.05) is 12.1 Å². The van der Waals surface area contributed by atoms with E-state index in [0.717, 1.165) is 24.6 Å². The molecule has 0 aliphatic heterocycles. The van der Waals surface area contributed by atoms with Gasteiger partial charge in [0.2, 0.25) is 0 Å². The quantitative estimate of drug-likeness (QED) is 0.910. The van der Waals surface area contributed by atoms with Crippen molar-refractivity contribution in [2.24, 2.45) is 11.8 Å². The van der Waals surface area contributed by atoms with Crippen molar-refractivity contribution in [2.45, 2.75) is 39.2 Å². The Kier molecular flexibility index (Phi) is 5.08. The molecule has 2 unspecified atom stereocenters. The van der Waals surface area contributed by atoms with Crippen LogP contribution in [-0.4, -0.2) is 6.54 Å². The highest BCUT2D eigenvalue weighted by atomic mass is 19.1. The lowest BCUT2D eigenvalue weighted by Gasteiger charge is -2.26. The lowest BCUT2D eigenvalue weighted by atomic mass is 9.82. The smallest absolute Gasteiger partial charge is 0.131 e. The van der Waals surface area contributed by atoms with Gasteiger partial charge in [-0.25, -0.2) is 8.78 Å². The van der Waals surface area contributed by atoms with Crippen LogP contribution in [0.3, 0.4) is 0 Å². The molecule has 20 heavy (non-hydrogen) atoms. The molecular formula is C16H20F2N2. The minimum atomic E-state index is -0.647. The van der Waals surface area contributed by atoms with Crippen LogP contribution in [-0.2, 0) is 6.54 Å². The summed E-state index contributed by atoms with van der Waals surface area (Å²) in [6.07, 6.45) is 4.91. The Hall–Kier alpha value is -1.47. The van der Waals surface area contributed by atoms with Crippen LogP contribution >= 0.6 is 0 Å². The van der Waals surface area contributed by atoms with E-state index in [1.165, 1.54) is 25.7 Å². The molecule has 0 bridgehead atoms. The number of nitrogens with one attached hydrogen (secondary N) is 1. The second kappa shape index (κ2) is 6.81. The zero-order chi connectivity index (χ0) is 14.5. The molecule has 0 aromatic heterocycles. The summed E-state index contributed by atoms with van der Waals surface area (Å²) in [4.78, 5) is 0. The van der Waals surface area contributed by atoms with Crippen molar-refractivity contribution in [3.05, 3.63) is 34.9 Å². The summed E-state index contributed by atoms with van der Waals surface area (Å²) in [5.41, 5.74) is 0.0395. The molecule has 1 aliphatic rings. The van der Waals surface area contributed by atoms with Gasteiger partial charge < -0.3 is 5.32 Å². The first-order valence-corrected chi connectivity index (χ1v) is 7.19. The third kappa shape index (κ3) is 3.77. The van der Waals surface area contributed by atoms with Crippen LogP contribution in [0.4, 0.5) is 8.78 Å². The Morgan fingerprint density at radius 3 is 2.60 bits per heavy atom. The second-order valence-electron chi connectivity index (χ2n) is 5.80. The lowest BCUT2D eigenvalue weighted by molar-refractivity contribution is 0.273. The predicted molar refractivity (Wildman–Crippen MR) is 73.9 cm³/mol. The Balaban J connectivity index is 1.90. The van der Waals surface area contributed by atoms with E-state index >= 15 is 0 Å². The standard InChI is InChI=1S/C16H20F2N2/c1-11-3-2-4-12(5-11)9-20-10-14-15(17)6-13(8-19)7-16(14)18/h6-7,11-12,20H,2-5,9-10H2,1H3. The molecular weight excluding hydrogens is 258 g/mol. The van der Waals surface area contributed by atoms with Crippen molar-refractivity contribution < 1.29 is 8.78 Å². The van der Waals surface area contributed by atoms with Crippen LogP contribution in [0.5, 0.6) is 0 Å². The molecule has 1 fully saturated rings. The highest BCUT2D eigenvalue weighted by Gasteiger charge is 2.19. The zero-order valence-corrected chi connectivity index (χ0v) is 11.8. The van der Waals surface area contributed by atoms with E-state index in [1.807, 2.05) is 0 Å². The van der Waals surface area contributed by atoms with E-state index in [1.54, 1.807) is 6.07 Å². The van der Waals surface area contributed by atoms with Crippen molar-refractivity contribution in [3.63, 3.8) is 0 Å². The summed E-state index contributed by atoms with van der Waals surface area (Å²) in [6, 6.07) is 3.92. The molecule has 1 N–H and O–H groups in total. The second-order valence-corrected chi connectivity index (χ2v) is 5.80. The fourth-order valence-corrected chi connectivity index (χ4v) is 2.98. The molecule has 1 aliphatic carbocycles. The molecule has 0 radical (unpaired) electrons. The topological polar surface area (TPSA) is 35.8 Å². The molecule has 108 valence electrons. The zero-order valence-electron chi connectivity index (χ0n) is 11.8. The Labute approximate surface area is 118 Å². The normalized spacial score (nSPS) is 22.5. The van der Waals surface area contributed by atoms with E-state index in [0.29, 0.717) is 5.92 Å². The summed E-state index contributed by atoms with van der Waals surface area (Å²) < 4.78 is 27.4. The van der Waals surface area contributed by atoms with Gasteiger partial charge in [0.05, 0.1) is 11.6 Å². The lowest BCUT2D eigenvalue weighted by Crippen LogP contribution is -2.27. The van der Waals surface area contributed by atoms with Gasteiger partial charge in [-0.15, -0.1) is 0 Å². The maximum Gasteiger partial charge on any atom is 0.131 e. The van der Waals surface area contributed by atoms with Crippen molar-refractivity contribution in [1.82, 2.24) is 5.32 Å². The van der Waals surface area contributed by atoms with Crippen molar-refractivity contribution in [1.29, 1.82) is 5.26 Å². The van der Waals surface area contributed by atoms with Crippen LogP contribution in [0.2, 0.25) is 0 Å². The molecule has 0 spiro atoms.